The second kappa shape index (κ2) is 11.5. The van der Waals surface area contributed by atoms with Crippen molar-refractivity contribution in [2.75, 3.05) is 0 Å². The third kappa shape index (κ3) is 7.36. The first-order chi connectivity index (χ1) is 14.4. The van der Waals surface area contributed by atoms with Gasteiger partial charge in [-0.3, -0.25) is 19.2 Å². The van der Waals surface area contributed by atoms with Crippen LogP contribution in [0, 0.1) is 11.8 Å². The number of aliphatic carboxylic acids is 1. The van der Waals surface area contributed by atoms with Crippen LogP contribution in [0.15, 0.2) is 18.2 Å². The molecule has 1 aromatic rings. The number of hydrogen-bond donors (Lipinski definition) is 2. The largest absolute Gasteiger partial charge is 0.480 e. The van der Waals surface area contributed by atoms with Crippen molar-refractivity contribution >= 4 is 23.9 Å². The van der Waals surface area contributed by atoms with E-state index in [-0.39, 0.29) is 23.4 Å². The standard InChI is InChI=1S/C22H31NO8/c1-7-11(2)22(28)29-13(4)12(3)19(20(23)21(26)27)16-8-9-17(30-14(5)24)18(10-16)31-15(6)25/h8-13,19-20H,7,23H2,1-6H3,(H,26,27)/t11?,12?,13?,19?,20-/m0/s1. The van der Waals surface area contributed by atoms with Crippen molar-refractivity contribution in [3.8, 4) is 11.5 Å². The smallest absolute Gasteiger partial charge is 0.321 e. The normalized spacial score (nSPS) is 15.7. The maximum atomic E-state index is 12.2. The topological polar surface area (TPSA) is 142 Å². The predicted molar refractivity (Wildman–Crippen MR) is 112 cm³/mol. The van der Waals surface area contributed by atoms with Crippen molar-refractivity contribution in [1.82, 2.24) is 0 Å². The molecule has 31 heavy (non-hydrogen) atoms. The highest BCUT2D eigenvalue weighted by Gasteiger charge is 2.36. The number of hydrogen-bond acceptors (Lipinski definition) is 8. The Kier molecular flexibility index (Phi) is 9.64. The van der Waals surface area contributed by atoms with Gasteiger partial charge in [-0.15, -0.1) is 0 Å². The lowest BCUT2D eigenvalue weighted by molar-refractivity contribution is -0.155. The molecular weight excluding hydrogens is 406 g/mol. The van der Waals surface area contributed by atoms with E-state index in [0.29, 0.717) is 12.0 Å². The maximum absolute atomic E-state index is 12.2. The summed E-state index contributed by atoms with van der Waals surface area (Å²) in [5, 5.41) is 9.55. The van der Waals surface area contributed by atoms with Gasteiger partial charge in [0.1, 0.15) is 12.1 Å². The molecule has 0 fully saturated rings. The van der Waals surface area contributed by atoms with Gasteiger partial charge in [0.25, 0.3) is 0 Å². The molecule has 0 amide bonds. The molecule has 0 aromatic heterocycles. The number of carboxylic acids is 1. The van der Waals surface area contributed by atoms with Crippen LogP contribution in [-0.4, -0.2) is 41.1 Å². The number of carbonyl (C=O) groups is 4. The first kappa shape index (κ1) is 26.1. The number of esters is 3. The number of carboxylic acid groups (broad SMARTS) is 1. The van der Waals surface area contributed by atoms with Gasteiger partial charge >= 0.3 is 23.9 Å². The van der Waals surface area contributed by atoms with Crippen molar-refractivity contribution in [2.24, 2.45) is 17.6 Å². The summed E-state index contributed by atoms with van der Waals surface area (Å²) in [6.07, 6.45) is -0.0244. The lowest BCUT2D eigenvalue weighted by Gasteiger charge is -2.32. The van der Waals surface area contributed by atoms with E-state index in [1.807, 2.05) is 6.92 Å². The molecule has 0 aliphatic heterocycles. The summed E-state index contributed by atoms with van der Waals surface area (Å²) in [7, 11) is 0. The maximum Gasteiger partial charge on any atom is 0.321 e. The number of nitrogens with two attached hydrogens (primary N) is 1. The minimum Gasteiger partial charge on any atom is -0.480 e. The molecule has 3 N–H and O–H groups in total. The fourth-order valence-corrected chi connectivity index (χ4v) is 3.06. The highest BCUT2D eigenvalue weighted by molar-refractivity contribution is 5.76. The van der Waals surface area contributed by atoms with E-state index in [9.17, 15) is 24.3 Å². The Morgan fingerprint density at radius 1 is 1.00 bits per heavy atom. The van der Waals surface area contributed by atoms with Gasteiger partial charge in [0, 0.05) is 25.7 Å². The quantitative estimate of drug-likeness (QED) is 0.417. The fraction of sp³-hybridized carbons (Fsp3) is 0.545. The summed E-state index contributed by atoms with van der Waals surface area (Å²) in [6, 6.07) is 3.02. The van der Waals surface area contributed by atoms with Crippen LogP contribution < -0.4 is 15.2 Å². The van der Waals surface area contributed by atoms with Gasteiger partial charge in [-0.2, -0.15) is 0 Å². The van der Waals surface area contributed by atoms with Crippen molar-refractivity contribution in [3.05, 3.63) is 23.8 Å². The third-order valence-electron chi connectivity index (χ3n) is 5.16. The highest BCUT2D eigenvalue weighted by atomic mass is 16.6. The van der Waals surface area contributed by atoms with Crippen molar-refractivity contribution < 1.29 is 38.5 Å². The third-order valence-corrected chi connectivity index (χ3v) is 5.16. The van der Waals surface area contributed by atoms with Crippen LogP contribution >= 0.6 is 0 Å². The summed E-state index contributed by atoms with van der Waals surface area (Å²) in [5.41, 5.74) is 6.42. The van der Waals surface area contributed by atoms with Crippen molar-refractivity contribution in [3.63, 3.8) is 0 Å². The van der Waals surface area contributed by atoms with Crippen LogP contribution in [0.4, 0.5) is 0 Å². The summed E-state index contributed by atoms with van der Waals surface area (Å²) in [5.74, 6) is -4.49. The van der Waals surface area contributed by atoms with Gasteiger partial charge in [-0.25, -0.2) is 0 Å². The van der Waals surface area contributed by atoms with E-state index in [4.69, 9.17) is 19.9 Å². The monoisotopic (exact) mass is 437 g/mol. The second-order valence-corrected chi connectivity index (χ2v) is 7.59. The number of ether oxygens (including phenoxy) is 3. The van der Waals surface area contributed by atoms with Gasteiger partial charge in [-0.05, 0) is 31.0 Å². The first-order valence-electron chi connectivity index (χ1n) is 10.1. The van der Waals surface area contributed by atoms with Gasteiger partial charge < -0.3 is 25.1 Å². The van der Waals surface area contributed by atoms with E-state index in [0.717, 1.165) is 0 Å². The SMILES string of the molecule is CCC(C)C(=O)OC(C)C(C)C(c1ccc(OC(C)=O)c(OC(C)=O)c1)[C@H](N)C(=O)O. The Hall–Kier alpha value is -2.94. The van der Waals surface area contributed by atoms with E-state index < -0.39 is 41.9 Å². The lowest BCUT2D eigenvalue weighted by atomic mass is 9.79. The zero-order valence-corrected chi connectivity index (χ0v) is 18.7. The van der Waals surface area contributed by atoms with Gasteiger partial charge in [0.15, 0.2) is 11.5 Å². The summed E-state index contributed by atoms with van der Waals surface area (Å²) in [4.78, 5) is 46.7. The summed E-state index contributed by atoms with van der Waals surface area (Å²) >= 11 is 0. The molecule has 0 saturated heterocycles. The number of carbonyl (C=O) groups excluding carboxylic acids is 3. The second-order valence-electron chi connectivity index (χ2n) is 7.59. The zero-order valence-electron chi connectivity index (χ0n) is 18.7. The van der Waals surface area contributed by atoms with Crippen LogP contribution in [-0.2, 0) is 23.9 Å². The van der Waals surface area contributed by atoms with Crippen LogP contribution in [0.25, 0.3) is 0 Å². The van der Waals surface area contributed by atoms with E-state index >= 15 is 0 Å². The average molecular weight is 437 g/mol. The first-order valence-corrected chi connectivity index (χ1v) is 10.1. The zero-order chi connectivity index (χ0) is 23.9. The fourth-order valence-electron chi connectivity index (χ4n) is 3.06. The van der Waals surface area contributed by atoms with Gasteiger partial charge in [-0.1, -0.05) is 26.8 Å². The summed E-state index contributed by atoms with van der Waals surface area (Å²) in [6.45, 7) is 9.40. The highest BCUT2D eigenvalue weighted by Crippen LogP contribution is 2.37. The molecule has 1 aromatic carbocycles. The molecule has 0 bridgehead atoms. The Bertz CT molecular complexity index is 822. The Balaban J connectivity index is 3.37. The van der Waals surface area contributed by atoms with Gasteiger partial charge in [0.05, 0.1) is 5.92 Å². The van der Waals surface area contributed by atoms with Crippen LogP contribution in [0.5, 0.6) is 11.5 Å². The van der Waals surface area contributed by atoms with E-state index in [2.05, 4.69) is 0 Å². The minimum atomic E-state index is -1.33. The molecule has 9 heteroatoms. The number of rotatable bonds is 10. The molecule has 9 nitrogen and oxygen atoms in total. The Morgan fingerprint density at radius 2 is 1.55 bits per heavy atom. The predicted octanol–water partition coefficient (Wildman–Crippen LogP) is 2.65. The molecule has 0 saturated carbocycles. The molecule has 0 aliphatic carbocycles. The average Bonchev–Trinajstić information content (AvgIpc) is 2.68. The molecule has 0 radical (unpaired) electrons. The molecule has 0 heterocycles. The van der Waals surface area contributed by atoms with E-state index in [1.165, 1.54) is 26.0 Å². The molecule has 172 valence electrons. The Morgan fingerprint density at radius 3 is 2.03 bits per heavy atom. The Labute approximate surface area is 181 Å². The molecule has 0 spiro atoms. The van der Waals surface area contributed by atoms with Crippen LogP contribution in [0.3, 0.4) is 0 Å². The lowest BCUT2D eigenvalue weighted by Crippen LogP contribution is -2.43. The van der Waals surface area contributed by atoms with Crippen molar-refractivity contribution in [2.45, 2.75) is 66.0 Å². The molecule has 5 atom stereocenters. The van der Waals surface area contributed by atoms with Gasteiger partial charge in [0.2, 0.25) is 0 Å². The summed E-state index contributed by atoms with van der Waals surface area (Å²) < 4.78 is 15.7. The number of benzene rings is 1. The van der Waals surface area contributed by atoms with Crippen molar-refractivity contribution in [1.29, 1.82) is 0 Å². The molecule has 0 aliphatic rings. The van der Waals surface area contributed by atoms with Crippen LogP contribution in [0.1, 0.15) is 59.4 Å². The van der Waals surface area contributed by atoms with Crippen LogP contribution in [0.2, 0.25) is 0 Å². The molecule has 1 rings (SSSR count). The molecular formula is C22H31NO8. The minimum absolute atomic E-state index is 0.0120. The molecule has 4 unspecified atom stereocenters. The van der Waals surface area contributed by atoms with E-state index in [1.54, 1.807) is 26.8 Å².